The highest BCUT2D eigenvalue weighted by Gasteiger charge is 2.39. The molecule has 1 aromatic rings. The fourth-order valence-corrected chi connectivity index (χ4v) is 1.28. The predicted molar refractivity (Wildman–Crippen MR) is 50.8 cm³/mol. The third-order valence-corrected chi connectivity index (χ3v) is 2.49. The van der Waals surface area contributed by atoms with Gasteiger partial charge in [-0.1, -0.05) is 17.7 Å². The molecule has 15 heavy (non-hydrogen) atoms. The molecule has 1 rings (SSSR count). The normalized spacial score (nSPS) is 14.0. The van der Waals surface area contributed by atoms with Crippen LogP contribution in [0.4, 0.5) is 13.2 Å². The molecule has 0 aliphatic heterocycles. The average molecular weight is 240 g/mol. The Morgan fingerprint density at radius 3 is 2.40 bits per heavy atom. The fraction of sp³-hybridized carbons (Fsp3) is 0.333. The molecule has 0 heterocycles. The lowest BCUT2D eigenvalue weighted by molar-refractivity contribution is -0.149. The molecule has 0 fully saturated rings. The van der Waals surface area contributed by atoms with Crippen LogP contribution in [0.25, 0.3) is 0 Å². The molecule has 1 aromatic carbocycles. The van der Waals surface area contributed by atoms with Gasteiger partial charge in [0.1, 0.15) is 11.8 Å². The third kappa shape index (κ3) is 2.35. The Morgan fingerprint density at radius 2 is 1.93 bits per heavy atom. The Hall–Kier alpha value is -0.940. The molecule has 2 nitrogen and oxygen atoms in total. The molecule has 0 unspecified atom stereocenters. The number of phenolic OH excluding ortho intramolecular Hbond substituents is 1. The zero-order valence-electron chi connectivity index (χ0n) is 7.77. The molecular formula is C9H9ClF3NO. The number of nitrogens with two attached hydrogens (primary N) is 1. The van der Waals surface area contributed by atoms with Crippen molar-refractivity contribution in [1.82, 2.24) is 0 Å². The van der Waals surface area contributed by atoms with E-state index in [0.717, 1.165) is 6.07 Å². The highest BCUT2D eigenvalue weighted by Crippen LogP contribution is 2.38. The van der Waals surface area contributed by atoms with Crippen molar-refractivity contribution in [3.8, 4) is 5.75 Å². The van der Waals surface area contributed by atoms with Crippen LogP contribution in [0.3, 0.4) is 0 Å². The van der Waals surface area contributed by atoms with Crippen LogP contribution >= 0.6 is 11.6 Å². The van der Waals surface area contributed by atoms with Crippen LogP contribution in [0.2, 0.25) is 5.02 Å². The van der Waals surface area contributed by atoms with Crippen LogP contribution < -0.4 is 5.73 Å². The van der Waals surface area contributed by atoms with Gasteiger partial charge in [0.25, 0.3) is 0 Å². The minimum Gasteiger partial charge on any atom is -0.507 e. The first-order valence-electron chi connectivity index (χ1n) is 4.05. The van der Waals surface area contributed by atoms with E-state index in [1.807, 2.05) is 0 Å². The Bertz CT molecular complexity index is 378. The minimum atomic E-state index is -4.59. The lowest BCUT2D eigenvalue weighted by Crippen LogP contribution is -2.28. The second-order valence-electron chi connectivity index (χ2n) is 3.13. The molecule has 0 bridgehead atoms. The summed E-state index contributed by atoms with van der Waals surface area (Å²) in [6.45, 7) is 1.42. The van der Waals surface area contributed by atoms with Gasteiger partial charge in [0.2, 0.25) is 0 Å². The SMILES string of the molecule is Cc1c(Cl)ccc([C@@H](N)C(F)(F)F)c1O. The molecule has 6 heteroatoms. The third-order valence-electron chi connectivity index (χ3n) is 2.08. The topological polar surface area (TPSA) is 46.2 Å². The molecule has 84 valence electrons. The summed E-state index contributed by atoms with van der Waals surface area (Å²) in [4.78, 5) is 0. The number of halogens is 4. The van der Waals surface area contributed by atoms with Crippen molar-refractivity contribution in [1.29, 1.82) is 0 Å². The van der Waals surface area contributed by atoms with Gasteiger partial charge in [0.15, 0.2) is 0 Å². The largest absolute Gasteiger partial charge is 0.507 e. The fourth-order valence-electron chi connectivity index (χ4n) is 1.12. The van der Waals surface area contributed by atoms with E-state index < -0.39 is 18.0 Å². The van der Waals surface area contributed by atoms with Crippen LogP contribution in [-0.2, 0) is 0 Å². The Labute approximate surface area is 89.5 Å². The van der Waals surface area contributed by atoms with E-state index in [4.69, 9.17) is 17.3 Å². The van der Waals surface area contributed by atoms with Gasteiger partial charge in [0, 0.05) is 16.1 Å². The van der Waals surface area contributed by atoms with Gasteiger partial charge < -0.3 is 10.8 Å². The summed E-state index contributed by atoms with van der Waals surface area (Å²) in [6, 6.07) is 0.147. The zero-order valence-corrected chi connectivity index (χ0v) is 8.52. The van der Waals surface area contributed by atoms with E-state index >= 15 is 0 Å². The average Bonchev–Trinajstić information content (AvgIpc) is 2.12. The molecule has 3 N–H and O–H groups in total. The van der Waals surface area contributed by atoms with Crippen LogP contribution in [0.5, 0.6) is 5.75 Å². The van der Waals surface area contributed by atoms with Gasteiger partial charge >= 0.3 is 6.18 Å². The Balaban J connectivity index is 3.23. The lowest BCUT2D eigenvalue weighted by atomic mass is 10.0. The first kappa shape index (κ1) is 12.1. The number of benzene rings is 1. The monoisotopic (exact) mass is 239 g/mol. The van der Waals surface area contributed by atoms with Crippen molar-refractivity contribution < 1.29 is 18.3 Å². The first-order chi connectivity index (χ1) is 6.75. The van der Waals surface area contributed by atoms with Gasteiger partial charge in [-0.2, -0.15) is 13.2 Å². The van der Waals surface area contributed by atoms with Crippen LogP contribution in [0, 0.1) is 6.92 Å². The predicted octanol–water partition coefficient (Wildman–Crippen LogP) is 2.92. The highest BCUT2D eigenvalue weighted by atomic mass is 35.5. The van der Waals surface area contributed by atoms with E-state index in [0.29, 0.717) is 0 Å². The lowest BCUT2D eigenvalue weighted by Gasteiger charge is -2.18. The summed E-state index contributed by atoms with van der Waals surface area (Å²) in [5.41, 5.74) is 4.78. The van der Waals surface area contributed by atoms with Crippen molar-refractivity contribution >= 4 is 11.6 Å². The van der Waals surface area contributed by atoms with E-state index in [1.165, 1.54) is 13.0 Å². The number of phenols is 1. The van der Waals surface area contributed by atoms with Gasteiger partial charge in [-0.05, 0) is 13.0 Å². The van der Waals surface area contributed by atoms with Crippen molar-refractivity contribution in [2.45, 2.75) is 19.1 Å². The number of hydrogen-bond acceptors (Lipinski definition) is 2. The number of rotatable bonds is 1. The van der Waals surface area contributed by atoms with Gasteiger partial charge in [-0.3, -0.25) is 0 Å². The minimum absolute atomic E-state index is 0.189. The molecule has 0 aromatic heterocycles. The zero-order chi connectivity index (χ0) is 11.8. The molecule has 0 aliphatic carbocycles. The van der Waals surface area contributed by atoms with Gasteiger partial charge in [-0.25, -0.2) is 0 Å². The van der Waals surface area contributed by atoms with E-state index in [-0.39, 0.29) is 16.1 Å². The summed E-state index contributed by atoms with van der Waals surface area (Å²) < 4.78 is 36.8. The molecule has 1 atom stereocenters. The summed E-state index contributed by atoms with van der Waals surface area (Å²) in [6.07, 6.45) is -4.59. The molecule has 0 aliphatic rings. The number of aromatic hydroxyl groups is 1. The van der Waals surface area contributed by atoms with Crippen molar-refractivity contribution in [2.75, 3.05) is 0 Å². The van der Waals surface area contributed by atoms with Crippen LogP contribution in [0.1, 0.15) is 17.2 Å². The van der Waals surface area contributed by atoms with Crippen molar-refractivity contribution in [3.63, 3.8) is 0 Å². The second kappa shape index (κ2) is 3.90. The maximum absolute atomic E-state index is 12.3. The quantitative estimate of drug-likeness (QED) is 0.792. The maximum Gasteiger partial charge on any atom is 0.407 e. The Morgan fingerprint density at radius 1 is 1.40 bits per heavy atom. The molecule has 0 saturated carbocycles. The molecule has 0 saturated heterocycles. The first-order valence-corrected chi connectivity index (χ1v) is 4.43. The number of hydrogen-bond donors (Lipinski definition) is 2. The second-order valence-corrected chi connectivity index (χ2v) is 3.54. The van der Waals surface area contributed by atoms with E-state index in [2.05, 4.69) is 0 Å². The van der Waals surface area contributed by atoms with Crippen LogP contribution in [-0.4, -0.2) is 11.3 Å². The highest BCUT2D eigenvalue weighted by molar-refractivity contribution is 6.31. The summed E-state index contributed by atoms with van der Waals surface area (Å²) in [5.74, 6) is -0.507. The molecular weight excluding hydrogens is 231 g/mol. The van der Waals surface area contributed by atoms with E-state index in [9.17, 15) is 18.3 Å². The van der Waals surface area contributed by atoms with Crippen molar-refractivity contribution in [3.05, 3.63) is 28.3 Å². The molecule has 0 amide bonds. The van der Waals surface area contributed by atoms with Crippen LogP contribution in [0.15, 0.2) is 12.1 Å². The van der Waals surface area contributed by atoms with Gasteiger partial charge in [-0.15, -0.1) is 0 Å². The smallest absolute Gasteiger partial charge is 0.407 e. The number of alkyl halides is 3. The standard InChI is InChI=1S/C9H9ClF3NO/c1-4-6(10)3-2-5(7(4)15)8(14)9(11,12)13/h2-3,8,15H,14H2,1H3/t8-/m1/s1. The maximum atomic E-state index is 12.3. The Kier molecular flexibility index (Phi) is 3.16. The summed E-state index contributed by atoms with van der Waals surface area (Å²) in [7, 11) is 0. The van der Waals surface area contributed by atoms with E-state index in [1.54, 1.807) is 0 Å². The summed E-state index contributed by atoms with van der Waals surface area (Å²) in [5, 5.41) is 9.65. The van der Waals surface area contributed by atoms with Crippen molar-refractivity contribution in [2.24, 2.45) is 5.73 Å². The molecule has 0 spiro atoms. The molecule has 0 radical (unpaired) electrons. The summed E-state index contributed by atoms with van der Waals surface area (Å²) >= 11 is 5.62. The van der Waals surface area contributed by atoms with Gasteiger partial charge in [0.05, 0.1) is 0 Å².